The van der Waals surface area contributed by atoms with Crippen LogP contribution in [0.1, 0.15) is 48.2 Å². The highest BCUT2D eigenvalue weighted by atomic mass is 19.1. The van der Waals surface area contributed by atoms with Crippen molar-refractivity contribution in [2.75, 3.05) is 33.4 Å². The Labute approximate surface area is 188 Å². The Hall–Kier alpha value is -2.80. The van der Waals surface area contributed by atoms with Crippen molar-refractivity contribution < 1.29 is 23.4 Å². The summed E-state index contributed by atoms with van der Waals surface area (Å²) in [5.41, 5.74) is 2.79. The molecule has 0 aliphatic carbocycles. The van der Waals surface area contributed by atoms with Gasteiger partial charge in [0.25, 0.3) is 5.91 Å². The van der Waals surface area contributed by atoms with Crippen LogP contribution in [0, 0.1) is 5.82 Å². The third-order valence-electron chi connectivity index (χ3n) is 6.21. The SMILES string of the molecule is CCOc1cc(CN2CCC(N3Cc4cc(OC)ccc4C3=O)CC2)cc(OCC)c1F. The third kappa shape index (κ3) is 4.53. The molecular formula is C25H31FN2O4. The molecule has 2 aromatic rings. The molecule has 1 fully saturated rings. The first-order chi connectivity index (χ1) is 15.5. The average molecular weight is 443 g/mol. The van der Waals surface area contributed by atoms with Crippen molar-refractivity contribution in [2.24, 2.45) is 0 Å². The average Bonchev–Trinajstić information content (AvgIpc) is 3.13. The van der Waals surface area contributed by atoms with Crippen LogP contribution in [0.5, 0.6) is 17.2 Å². The zero-order valence-corrected chi connectivity index (χ0v) is 19.0. The van der Waals surface area contributed by atoms with Gasteiger partial charge in [-0.25, -0.2) is 0 Å². The van der Waals surface area contributed by atoms with Crippen LogP contribution in [0.3, 0.4) is 0 Å². The molecule has 32 heavy (non-hydrogen) atoms. The molecule has 4 rings (SSSR count). The summed E-state index contributed by atoms with van der Waals surface area (Å²) < 4.78 is 30.8. The lowest BCUT2D eigenvalue weighted by Crippen LogP contribution is -2.44. The molecule has 6 nitrogen and oxygen atoms in total. The number of ether oxygens (including phenoxy) is 3. The number of nitrogens with zero attached hydrogens (tertiary/aromatic N) is 2. The van der Waals surface area contributed by atoms with E-state index in [-0.39, 0.29) is 23.4 Å². The van der Waals surface area contributed by atoms with E-state index in [1.807, 2.05) is 36.9 Å². The first-order valence-corrected chi connectivity index (χ1v) is 11.3. The van der Waals surface area contributed by atoms with Gasteiger partial charge in [-0.3, -0.25) is 9.69 Å². The lowest BCUT2D eigenvalue weighted by Gasteiger charge is -2.36. The second-order valence-electron chi connectivity index (χ2n) is 8.24. The minimum absolute atomic E-state index is 0.113. The summed E-state index contributed by atoms with van der Waals surface area (Å²) in [5.74, 6) is 0.922. The number of hydrogen-bond acceptors (Lipinski definition) is 5. The van der Waals surface area contributed by atoms with Gasteiger partial charge in [-0.05, 0) is 68.1 Å². The summed E-state index contributed by atoms with van der Waals surface area (Å²) in [4.78, 5) is 17.2. The normalized spacial score (nSPS) is 16.9. The van der Waals surface area contributed by atoms with E-state index in [0.29, 0.717) is 26.3 Å². The lowest BCUT2D eigenvalue weighted by molar-refractivity contribution is 0.0590. The molecule has 7 heteroatoms. The third-order valence-corrected chi connectivity index (χ3v) is 6.21. The summed E-state index contributed by atoms with van der Waals surface area (Å²) in [7, 11) is 1.64. The molecule has 1 amide bonds. The second kappa shape index (κ2) is 9.77. The van der Waals surface area contributed by atoms with Crippen LogP contribution >= 0.6 is 0 Å². The first-order valence-electron chi connectivity index (χ1n) is 11.3. The quantitative estimate of drug-likeness (QED) is 0.612. The number of piperidine rings is 1. The highest BCUT2D eigenvalue weighted by Crippen LogP contribution is 2.33. The number of methoxy groups -OCH3 is 1. The van der Waals surface area contributed by atoms with Crippen LogP contribution in [-0.2, 0) is 13.1 Å². The Kier molecular flexibility index (Phi) is 6.84. The van der Waals surface area contributed by atoms with Gasteiger partial charge in [-0.2, -0.15) is 4.39 Å². The molecule has 2 heterocycles. The Morgan fingerprint density at radius 1 is 1.03 bits per heavy atom. The molecule has 2 aromatic carbocycles. The number of likely N-dealkylation sites (tertiary alicyclic amines) is 1. The Balaban J connectivity index is 1.39. The van der Waals surface area contributed by atoms with E-state index in [2.05, 4.69) is 4.90 Å². The number of carbonyl (C=O) groups is 1. The van der Waals surface area contributed by atoms with Crippen molar-refractivity contribution in [3.8, 4) is 17.2 Å². The maximum atomic E-state index is 14.5. The van der Waals surface area contributed by atoms with Crippen LogP contribution in [0.4, 0.5) is 4.39 Å². The summed E-state index contributed by atoms with van der Waals surface area (Å²) in [5, 5.41) is 0. The zero-order chi connectivity index (χ0) is 22.7. The van der Waals surface area contributed by atoms with Crippen molar-refractivity contribution in [2.45, 2.75) is 45.8 Å². The van der Waals surface area contributed by atoms with Gasteiger partial charge in [0.05, 0.1) is 20.3 Å². The van der Waals surface area contributed by atoms with E-state index in [1.54, 1.807) is 19.2 Å². The molecule has 1 saturated heterocycles. The number of halogens is 1. The van der Waals surface area contributed by atoms with Crippen molar-refractivity contribution in [1.82, 2.24) is 9.80 Å². The molecule has 2 aliphatic rings. The Bertz CT molecular complexity index is 945. The molecule has 0 spiro atoms. The van der Waals surface area contributed by atoms with Crippen LogP contribution in [0.25, 0.3) is 0 Å². The molecule has 0 unspecified atom stereocenters. The predicted molar refractivity (Wildman–Crippen MR) is 120 cm³/mol. The topological polar surface area (TPSA) is 51.2 Å². The van der Waals surface area contributed by atoms with E-state index in [4.69, 9.17) is 14.2 Å². The summed E-state index contributed by atoms with van der Waals surface area (Å²) in [6.45, 7) is 7.56. The molecule has 2 aliphatic heterocycles. The van der Waals surface area contributed by atoms with Crippen molar-refractivity contribution in [1.29, 1.82) is 0 Å². The molecule has 0 atom stereocenters. The maximum absolute atomic E-state index is 14.5. The van der Waals surface area contributed by atoms with Gasteiger partial charge < -0.3 is 19.1 Å². The number of benzene rings is 2. The van der Waals surface area contributed by atoms with Crippen LogP contribution < -0.4 is 14.2 Å². The summed E-state index contributed by atoms with van der Waals surface area (Å²) in [6, 6.07) is 9.43. The van der Waals surface area contributed by atoms with Gasteiger partial charge in [-0.15, -0.1) is 0 Å². The van der Waals surface area contributed by atoms with E-state index in [9.17, 15) is 9.18 Å². The lowest BCUT2D eigenvalue weighted by atomic mass is 10.0. The Morgan fingerprint density at radius 2 is 1.69 bits per heavy atom. The fraction of sp³-hybridized carbons (Fsp3) is 0.480. The monoisotopic (exact) mass is 442 g/mol. The minimum Gasteiger partial charge on any atom is -0.497 e. The molecule has 0 saturated carbocycles. The molecular weight excluding hydrogens is 411 g/mol. The Morgan fingerprint density at radius 3 is 2.28 bits per heavy atom. The fourth-order valence-corrected chi connectivity index (χ4v) is 4.63. The highest BCUT2D eigenvalue weighted by Gasteiger charge is 2.34. The number of carbonyl (C=O) groups excluding carboxylic acids is 1. The van der Waals surface area contributed by atoms with Crippen molar-refractivity contribution in [3.05, 3.63) is 52.8 Å². The number of amides is 1. The fourth-order valence-electron chi connectivity index (χ4n) is 4.63. The predicted octanol–water partition coefficient (Wildman–Crippen LogP) is 4.25. The number of hydrogen-bond donors (Lipinski definition) is 0. The van der Waals surface area contributed by atoms with Gasteiger partial charge in [0.2, 0.25) is 5.82 Å². The highest BCUT2D eigenvalue weighted by molar-refractivity contribution is 5.98. The van der Waals surface area contributed by atoms with Gasteiger partial charge in [-0.1, -0.05) is 0 Å². The van der Waals surface area contributed by atoms with Gasteiger partial charge in [0.15, 0.2) is 11.5 Å². The standard InChI is InChI=1S/C25H31FN2O4/c1-4-31-22-12-17(13-23(24(22)26)32-5-2)15-27-10-8-19(9-11-27)28-16-18-14-20(30-3)6-7-21(18)25(28)29/h6-7,12-14,19H,4-5,8-11,15-16H2,1-3H3. The molecule has 0 radical (unpaired) electrons. The van der Waals surface area contributed by atoms with Crippen LogP contribution in [0.15, 0.2) is 30.3 Å². The maximum Gasteiger partial charge on any atom is 0.254 e. The van der Waals surface area contributed by atoms with Gasteiger partial charge in [0.1, 0.15) is 5.75 Å². The van der Waals surface area contributed by atoms with Crippen molar-refractivity contribution in [3.63, 3.8) is 0 Å². The van der Waals surface area contributed by atoms with Crippen LogP contribution in [-0.4, -0.2) is 55.2 Å². The first kappa shape index (κ1) is 22.4. The molecule has 0 bridgehead atoms. The van der Waals surface area contributed by atoms with Gasteiger partial charge in [0, 0.05) is 37.8 Å². The van der Waals surface area contributed by atoms with E-state index in [1.165, 1.54) is 0 Å². The largest absolute Gasteiger partial charge is 0.497 e. The molecule has 0 aromatic heterocycles. The minimum atomic E-state index is -0.445. The van der Waals surface area contributed by atoms with Crippen molar-refractivity contribution >= 4 is 5.91 Å². The van der Waals surface area contributed by atoms with Gasteiger partial charge >= 0.3 is 0 Å². The molecule has 0 N–H and O–H groups in total. The smallest absolute Gasteiger partial charge is 0.254 e. The summed E-state index contributed by atoms with van der Waals surface area (Å²) >= 11 is 0. The second-order valence-corrected chi connectivity index (χ2v) is 8.24. The zero-order valence-electron chi connectivity index (χ0n) is 19.0. The molecule has 172 valence electrons. The summed E-state index contributed by atoms with van der Waals surface area (Å²) in [6.07, 6.45) is 1.82. The number of rotatable bonds is 8. The van der Waals surface area contributed by atoms with E-state index in [0.717, 1.165) is 48.4 Å². The van der Waals surface area contributed by atoms with E-state index >= 15 is 0 Å². The van der Waals surface area contributed by atoms with E-state index < -0.39 is 5.82 Å². The number of fused-ring (bicyclic) bond motifs is 1. The van der Waals surface area contributed by atoms with Crippen LogP contribution in [0.2, 0.25) is 0 Å².